The van der Waals surface area contributed by atoms with Crippen molar-refractivity contribution in [2.24, 2.45) is 0 Å². The van der Waals surface area contributed by atoms with Crippen molar-refractivity contribution in [3.63, 3.8) is 0 Å². The molecule has 1 aliphatic rings. The zero-order valence-corrected chi connectivity index (χ0v) is 12.1. The molecule has 0 amide bonds. The van der Waals surface area contributed by atoms with Gasteiger partial charge in [-0.05, 0) is 13.3 Å². The molecule has 2 unspecified atom stereocenters. The van der Waals surface area contributed by atoms with Crippen LogP contribution in [0.25, 0.3) is 0 Å². The van der Waals surface area contributed by atoms with Gasteiger partial charge in [0.2, 0.25) is 0 Å². The number of aliphatic hydroxyl groups excluding tert-OH is 1. The molecular formula is C10H13F3N2O3S2. The first kappa shape index (κ1) is 15.8. The van der Waals surface area contributed by atoms with Crippen molar-refractivity contribution in [1.82, 2.24) is 9.29 Å². The molecule has 0 saturated carbocycles. The quantitative estimate of drug-likeness (QED) is 0.864. The van der Waals surface area contributed by atoms with E-state index in [1.807, 2.05) is 0 Å². The molecule has 2 rings (SSSR count). The standard InChI is InChI=1S/C10H13F3N2O3S2/c1-6-14-7(10(11,12)13)8(19-6)20(18)15-3-2-9(17,4-15)5-16/h16-17H,2-5H2,1H3. The van der Waals surface area contributed by atoms with Crippen LogP contribution in [0, 0.1) is 6.92 Å². The van der Waals surface area contributed by atoms with Crippen molar-refractivity contribution >= 4 is 22.3 Å². The number of aromatic nitrogens is 1. The highest BCUT2D eigenvalue weighted by atomic mass is 32.2. The van der Waals surface area contributed by atoms with Crippen LogP contribution in [0.3, 0.4) is 0 Å². The van der Waals surface area contributed by atoms with E-state index in [9.17, 15) is 22.5 Å². The zero-order valence-electron chi connectivity index (χ0n) is 10.5. The molecule has 10 heteroatoms. The van der Waals surface area contributed by atoms with Crippen molar-refractivity contribution in [3.8, 4) is 0 Å². The molecule has 1 aromatic rings. The summed E-state index contributed by atoms with van der Waals surface area (Å²) in [5, 5.41) is 19.0. The first-order valence-electron chi connectivity index (χ1n) is 5.71. The Hall–Kier alpha value is -0.550. The average Bonchev–Trinajstić information content (AvgIpc) is 2.92. The van der Waals surface area contributed by atoms with Crippen LogP contribution in [0.2, 0.25) is 0 Å². The highest BCUT2D eigenvalue weighted by Gasteiger charge is 2.43. The molecule has 2 N–H and O–H groups in total. The van der Waals surface area contributed by atoms with Gasteiger partial charge in [-0.25, -0.2) is 13.5 Å². The second kappa shape index (κ2) is 5.34. The van der Waals surface area contributed by atoms with E-state index < -0.39 is 35.1 Å². The maximum atomic E-state index is 12.8. The van der Waals surface area contributed by atoms with Crippen molar-refractivity contribution in [1.29, 1.82) is 0 Å². The van der Waals surface area contributed by atoms with Gasteiger partial charge >= 0.3 is 6.18 Å². The molecule has 1 saturated heterocycles. The molecule has 1 aliphatic heterocycles. The van der Waals surface area contributed by atoms with Crippen LogP contribution in [0.1, 0.15) is 17.1 Å². The zero-order chi connectivity index (χ0) is 15.1. The van der Waals surface area contributed by atoms with E-state index in [4.69, 9.17) is 5.11 Å². The molecule has 0 radical (unpaired) electrons. The van der Waals surface area contributed by atoms with Crippen LogP contribution in [0.15, 0.2) is 4.21 Å². The second-order valence-corrected chi connectivity index (χ2v) is 7.50. The third kappa shape index (κ3) is 3.03. The molecule has 0 aromatic carbocycles. The number of aliphatic hydroxyl groups is 2. The highest BCUT2D eigenvalue weighted by Crippen LogP contribution is 2.37. The Bertz CT molecular complexity index is 534. The fourth-order valence-electron chi connectivity index (χ4n) is 1.91. The maximum Gasteiger partial charge on any atom is 0.435 e. The van der Waals surface area contributed by atoms with E-state index in [2.05, 4.69) is 4.98 Å². The smallest absolute Gasteiger partial charge is 0.393 e. The van der Waals surface area contributed by atoms with Crippen molar-refractivity contribution in [2.45, 2.75) is 29.3 Å². The maximum absolute atomic E-state index is 12.8. The predicted molar refractivity (Wildman–Crippen MR) is 66.5 cm³/mol. The van der Waals surface area contributed by atoms with Crippen molar-refractivity contribution in [2.75, 3.05) is 19.7 Å². The number of hydrogen-bond donors (Lipinski definition) is 2. The van der Waals surface area contributed by atoms with Gasteiger partial charge in [-0.15, -0.1) is 11.3 Å². The number of alkyl halides is 3. The van der Waals surface area contributed by atoms with Crippen LogP contribution in [0.5, 0.6) is 0 Å². The SMILES string of the molecule is Cc1nc(C(F)(F)F)c(S(=O)N2CCC(O)(CO)C2)s1. The van der Waals surface area contributed by atoms with E-state index in [0.29, 0.717) is 0 Å². The molecule has 20 heavy (non-hydrogen) atoms. The molecule has 2 heterocycles. The summed E-state index contributed by atoms with van der Waals surface area (Å²) >= 11 is 0.727. The highest BCUT2D eigenvalue weighted by molar-refractivity contribution is 7.85. The number of β-amino-alcohol motifs (C(OH)–C–C–N with tert-alkyl or cyclic N) is 1. The summed E-state index contributed by atoms with van der Waals surface area (Å²) in [6.45, 7) is 0.908. The van der Waals surface area contributed by atoms with Crippen LogP contribution in [-0.4, -0.2) is 49.0 Å². The Morgan fingerprint density at radius 1 is 1.55 bits per heavy atom. The number of thiazole rings is 1. The summed E-state index contributed by atoms with van der Waals surface area (Å²) in [4.78, 5) is 3.39. The monoisotopic (exact) mass is 330 g/mol. The molecule has 1 fully saturated rings. The number of rotatable bonds is 3. The first-order chi connectivity index (χ1) is 9.16. The normalized spacial score (nSPS) is 26.1. The minimum Gasteiger partial charge on any atom is -0.393 e. The van der Waals surface area contributed by atoms with Gasteiger partial charge in [-0.1, -0.05) is 0 Å². The lowest BCUT2D eigenvalue weighted by Crippen LogP contribution is -2.37. The Kier molecular flexibility index (Phi) is 4.22. The van der Waals surface area contributed by atoms with Crippen LogP contribution < -0.4 is 0 Å². The molecule has 5 nitrogen and oxygen atoms in total. The van der Waals surface area contributed by atoms with Crippen molar-refractivity contribution in [3.05, 3.63) is 10.7 Å². The van der Waals surface area contributed by atoms with E-state index in [0.717, 1.165) is 11.3 Å². The number of aryl methyl sites for hydroxylation is 1. The third-order valence-electron chi connectivity index (χ3n) is 2.96. The van der Waals surface area contributed by atoms with Gasteiger partial charge in [0.15, 0.2) is 5.69 Å². The Morgan fingerprint density at radius 2 is 2.20 bits per heavy atom. The molecule has 2 atom stereocenters. The van der Waals surface area contributed by atoms with Gasteiger partial charge in [0.1, 0.15) is 20.8 Å². The minimum absolute atomic E-state index is 0.135. The lowest BCUT2D eigenvalue weighted by atomic mass is 10.1. The Morgan fingerprint density at radius 3 is 2.70 bits per heavy atom. The van der Waals surface area contributed by atoms with Gasteiger partial charge in [0.05, 0.1) is 11.6 Å². The summed E-state index contributed by atoms with van der Waals surface area (Å²) in [5.41, 5.74) is -2.55. The summed E-state index contributed by atoms with van der Waals surface area (Å²) in [5.74, 6) is 0. The molecular weight excluding hydrogens is 317 g/mol. The minimum atomic E-state index is -4.66. The summed E-state index contributed by atoms with van der Waals surface area (Å²) in [6.07, 6.45) is -4.50. The second-order valence-electron chi connectivity index (χ2n) is 4.61. The average molecular weight is 330 g/mol. The number of hydrogen-bond acceptors (Lipinski definition) is 5. The molecule has 114 valence electrons. The summed E-state index contributed by atoms with van der Waals surface area (Å²) in [7, 11) is -2.05. The Labute approximate surface area is 119 Å². The topological polar surface area (TPSA) is 73.7 Å². The lowest BCUT2D eigenvalue weighted by Gasteiger charge is -2.20. The largest absolute Gasteiger partial charge is 0.435 e. The lowest BCUT2D eigenvalue weighted by molar-refractivity contribution is -0.142. The third-order valence-corrected chi connectivity index (χ3v) is 5.69. The van der Waals surface area contributed by atoms with E-state index >= 15 is 0 Å². The molecule has 0 bridgehead atoms. The first-order valence-corrected chi connectivity index (χ1v) is 7.63. The predicted octanol–water partition coefficient (Wildman–Crippen LogP) is 0.922. The number of nitrogens with zero attached hydrogens (tertiary/aromatic N) is 2. The molecule has 1 aromatic heterocycles. The Balaban J connectivity index is 2.27. The molecule has 0 aliphatic carbocycles. The van der Waals surface area contributed by atoms with Crippen molar-refractivity contribution < 1.29 is 27.6 Å². The van der Waals surface area contributed by atoms with E-state index in [-0.39, 0.29) is 28.7 Å². The molecule has 0 spiro atoms. The van der Waals surface area contributed by atoms with Crippen LogP contribution in [0.4, 0.5) is 13.2 Å². The van der Waals surface area contributed by atoms with E-state index in [1.165, 1.54) is 11.2 Å². The van der Waals surface area contributed by atoms with Gasteiger partial charge in [0, 0.05) is 13.1 Å². The fourth-order valence-corrected chi connectivity index (χ4v) is 4.72. The van der Waals surface area contributed by atoms with Gasteiger partial charge in [-0.3, -0.25) is 0 Å². The fraction of sp³-hybridized carbons (Fsp3) is 0.700. The van der Waals surface area contributed by atoms with Gasteiger partial charge in [-0.2, -0.15) is 13.2 Å². The summed E-state index contributed by atoms with van der Waals surface area (Å²) in [6, 6.07) is 0. The van der Waals surface area contributed by atoms with E-state index in [1.54, 1.807) is 0 Å². The number of halogens is 3. The van der Waals surface area contributed by atoms with Crippen LogP contribution in [-0.2, 0) is 17.2 Å². The van der Waals surface area contributed by atoms with Gasteiger partial charge < -0.3 is 10.2 Å². The summed E-state index contributed by atoms with van der Waals surface area (Å²) < 4.78 is 51.6. The van der Waals surface area contributed by atoms with Crippen LogP contribution >= 0.6 is 11.3 Å². The van der Waals surface area contributed by atoms with Gasteiger partial charge in [0.25, 0.3) is 0 Å².